The van der Waals surface area contributed by atoms with Crippen molar-refractivity contribution in [3.63, 3.8) is 0 Å². The number of hydrogen-bond acceptors (Lipinski definition) is 3. The number of anilines is 1. The fourth-order valence-electron chi connectivity index (χ4n) is 6.05. The molecule has 3 aliphatic rings. The summed E-state index contributed by atoms with van der Waals surface area (Å²) in [6.07, 6.45) is 19.7. The Labute approximate surface area is 274 Å². The largest absolute Gasteiger partial charge is 0.495 e. The predicted molar refractivity (Wildman–Crippen MR) is 197 cm³/mol. The fraction of sp³-hybridized carbons (Fsp3) is 0.512. The zero-order chi connectivity index (χ0) is 32.4. The molecule has 0 spiro atoms. The van der Waals surface area contributed by atoms with Gasteiger partial charge >= 0.3 is 0 Å². The Kier molecular flexibility index (Phi) is 13.5. The van der Waals surface area contributed by atoms with Crippen LogP contribution in [0.4, 0.5) is 5.69 Å². The zero-order valence-electron chi connectivity index (χ0n) is 29.5. The van der Waals surface area contributed by atoms with Gasteiger partial charge in [0.2, 0.25) is 0 Å². The maximum absolute atomic E-state index is 5.77. The van der Waals surface area contributed by atoms with E-state index >= 15 is 0 Å². The van der Waals surface area contributed by atoms with E-state index in [1.165, 1.54) is 76.1 Å². The summed E-state index contributed by atoms with van der Waals surface area (Å²) >= 11 is 1.76. The van der Waals surface area contributed by atoms with E-state index in [0.717, 1.165) is 43.0 Å². The lowest BCUT2D eigenvalue weighted by Crippen LogP contribution is -2.24. The number of fused-ring (bicyclic) bond motifs is 1. The highest BCUT2D eigenvalue weighted by atomic mass is 32.2. The van der Waals surface area contributed by atoms with Gasteiger partial charge in [0.25, 0.3) is 0 Å². The van der Waals surface area contributed by atoms with Gasteiger partial charge in [0.15, 0.2) is 0 Å². The first kappa shape index (κ1) is 35.8. The van der Waals surface area contributed by atoms with Gasteiger partial charge in [-0.25, -0.2) is 0 Å². The molecule has 0 amide bonds. The third kappa shape index (κ3) is 9.43. The van der Waals surface area contributed by atoms with Crippen molar-refractivity contribution in [2.45, 2.75) is 123 Å². The Morgan fingerprint density at radius 1 is 1.05 bits per heavy atom. The maximum Gasteiger partial charge on any atom is 0.143 e. The van der Waals surface area contributed by atoms with Crippen molar-refractivity contribution in [2.75, 3.05) is 18.7 Å². The molecule has 5 rings (SSSR count). The molecule has 2 aromatic carbocycles. The molecule has 0 unspecified atom stereocenters. The lowest BCUT2D eigenvalue weighted by Gasteiger charge is -2.33. The monoisotopic (exact) mass is 613 g/mol. The molecule has 2 aromatic rings. The van der Waals surface area contributed by atoms with Crippen LogP contribution in [-0.4, -0.2) is 13.4 Å². The van der Waals surface area contributed by atoms with Gasteiger partial charge in [-0.05, 0) is 141 Å². The van der Waals surface area contributed by atoms with Gasteiger partial charge in [-0.2, -0.15) is 0 Å². The first-order valence-corrected chi connectivity index (χ1v) is 18.2. The van der Waals surface area contributed by atoms with Crippen molar-refractivity contribution in [2.24, 2.45) is 5.92 Å². The first-order valence-electron chi connectivity index (χ1n) is 17.0. The summed E-state index contributed by atoms with van der Waals surface area (Å²) in [7, 11) is 1.76. The summed E-state index contributed by atoms with van der Waals surface area (Å²) in [5, 5.41) is 3.76. The Balaban J connectivity index is 0.000000276. The molecule has 44 heavy (non-hydrogen) atoms. The van der Waals surface area contributed by atoms with Crippen LogP contribution in [-0.2, 0) is 18.3 Å². The predicted octanol–water partition coefficient (Wildman–Crippen LogP) is 12.2. The standard InChI is InChI=1S/C25H33NOS.C14H20.C2H6/c1-6-8-21-15-22(28-5)16-23(27-4)25(21)26-24(20-13-14-20)18(7-2)10-9-17(3)19-11-12-19;1-10-8-12-6-5-7-14(3,4)13(12)9-11(10)2;1-2/h7,9-10,15-16,19,26H,2,6,8,11-14H2,1,3-5H3;8-9H,5-7H2,1-4H3;1-2H3/b17-9+,18-10+;;. The van der Waals surface area contributed by atoms with Crippen molar-refractivity contribution in [3.8, 4) is 5.75 Å². The summed E-state index contributed by atoms with van der Waals surface area (Å²) in [5.41, 5.74) is 14.2. The summed E-state index contributed by atoms with van der Waals surface area (Å²) in [6, 6.07) is 9.23. The van der Waals surface area contributed by atoms with Gasteiger partial charge in [0.1, 0.15) is 5.75 Å². The lowest BCUT2D eigenvalue weighted by molar-refractivity contribution is 0.415. The second-order valence-electron chi connectivity index (χ2n) is 13.1. The quantitative estimate of drug-likeness (QED) is 0.213. The number of allylic oxidation sites excluding steroid dienone is 5. The number of hydrogen-bond donors (Lipinski definition) is 1. The van der Waals surface area contributed by atoms with E-state index < -0.39 is 0 Å². The molecule has 0 saturated heterocycles. The Morgan fingerprint density at radius 2 is 1.73 bits per heavy atom. The SMILES string of the molecule is C=C/C(=C\C=C(/C)C1CC1)C(Nc1c(CCC)cc(SC)cc1OC)=C1CC1.CC.Cc1cc2c(cc1C)C(C)(C)CCC2. The number of ether oxygens (including phenoxy) is 1. The average molecular weight is 614 g/mol. The van der Waals surface area contributed by atoms with Gasteiger partial charge in [-0.3, -0.25) is 0 Å². The molecule has 2 fully saturated rings. The van der Waals surface area contributed by atoms with Gasteiger partial charge in [0.05, 0.1) is 12.8 Å². The van der Waals surface area contributed by atoms with Crippen molar-refractivity contribution in [3.05, 3.63) is 99.3 Å². The number of thioether (sulfide) groups is 1. The second-order valence-corrected chi connectivity index (χ2v) is 13.9. The van der Waals surface area contributed by atoms with E-state index in [4.69, 9.17) is 4.74 Å². The van der Waals surface area contributed by atoms with Crippen LogP contribution in [0.3, 0.4) is 0 Å². The Hall–Kier alpha value is -2.65. The van der Waals surface area contributed by atoms with Crippen molar-refractivity contribution in [1.29, 1.82) is 0 Å². The molecule has 1 N–H and O–H groups in total. The molecule has 3 aliphatic carbocycles. The average Bonchev–Trinajstić information content (AvgIpc) is 3.94. The molecule has 3 heteroatoms. The van der Waals surface area contributed by atoms with Crippen LogP contribution in [0, 0.1) is 19.8 Å². The van der Waals surface area contributed by atoms with Crippen LogP contribution >= 0.6 is 11.8 Å². The minimum Gasteiger partial charge on any atom is -0.495 e. The highest BCUT2D eigenvalue weighted by Crippen LogP contribution is 2.41. The molecule has 240 valence electrons. The van der Waals surface area contributed by atoms with Crippen LogP contribution < -0.4 is 10.1 Å². The fourth-order valence-corrected chi connectivity index (χ4v) is 6.54. The van der Waals surface area contributed by atoms with Crippen molar-refractivity contribution < 1.29 is 4.74 Å². The molecular weight excluding hydrogens is 555 g/mol. The van der Waals surface area contributed by atoms with E-state index in [1.54, 1.807) is 30.0 Å². The zero-order valence-corrected chi connectivity index (χ0v) is 30.3. The summed E-state index contributed by atoms with van der Waals surface area (Å²) in [6.45, 7) is 21.8. The van der Waals surface area contributed by atoms with E-state index in [9.17, 15) is 0 Å². The third-order valence-electron chi connectivity index (χ3n) is 9.19. The number of rotatable bonds is 10. The van der Waals surface area contributed by atoms with Crippen molar-refractivity contribution >= 4 is 17.4 Å². The van der Waals surface area contributed by atoms with Crippen molar-refractivity contribution in [1.82, 2.24) is 0 Å². The lowest BCUT2D eigenvalue weighted by atomic mass is 9.72. The van der Waals surface area contributed by atoms with Crippen LogP contribution in [0.1, 0.15) is 114 Å². The van der Waals surface area contributed by atoms with E-state index in [0.29, 0.717) is 5.41 Å². The minimum absolute atomic E-state index is 0.395. The Morgan fingerprint density at radius 3 is 2.30 bits per heavy atom. The number of benzene rings is 2. The third-order valence-corrected chi connectivity index (χ3v) is 9.90. The van der Waals surface area contributed by atoms with Gasteiger partial charge < -0.3 is 10.1 Å². The van der Waals surface area contributed by atoms with Crippen LogP contribution in [0.15, 0.2) is 76.4 Å². The first-order chi connectivity index (χ1) is 21.1. The molecular formula is C41H59NOS. The molecule has 0 aliphatic heterocycles. The maximum atomic E-state index is 5.77. The van der Waals surface area contributed by atoms with E-state index in [2.05, 4.69) is 96.1 Å². The van der Waals surface area contributed by atoms with Gasteiger partial charge in [-0.1, -0.05) is 83.6 Å². The highest BCUT2D eigenvalue weighted by Gasteiger charge is 2.27. The van der Waals surface area contributed by atoms with Gasteiger partial charge in [0, 0.05) is 10.6 Å². The van der Waals surface area contributed by atoms with Crippen LogP contribution in [0.25, 0.3) is 0 Å². The molecule has 0 atom stereocenters. The molecule has 0 radical (unpaired) electrons. The molecule has 2 saturated carbocycles. The number of nitrogens with one attached hydrogen (secondary N) is 1. The summed E-state index contributed by atoms with van der Waals surface area (Å²) < 4.78 is 5.77. The van der Waals surface area contributed by atoms with Gasteiger partial charge in [-0.15, -0.1) is 11.8 Å². The van der Waals surface area contributed by atoms with E-state index in [1.807, 2.05) is 19.9 Å². The van der Waals surface area contributed by atoms with E-state index in [-0.39, 0.29) is 0 Å². The highest BCUT2D eigenvalue weighted by molar-refractivity contribution is 7.98. The topological polar surface area (TPSA) is 21.3 Å². The molecule has 0 bridgehead atoms. The number of methoxy groups -OCH3 is 1. The molecule has 2 nitrogen and oxygen atoms in total. The van der Waals surface area contributed by atoms with Crippen LogP contribution in [0.2, 0.25) is 0 Å². The molecule has 0 heterocycles. The Bertz CT molecular complexity index is 1380. The number of aryl methyl sites for hydroxylation is 4. The summed E-state index contributed by atoms with van der Waals surface area (Å²) in [4.78, 5) is 1.24. The smallest absolute Gasteiger partial charge is 0.143 e. The second kappa shape index (κ2) is 16.6. The normalized spacial score (nSPS) is 16.9. The minimum atomic E-state index is 0.395. The van der Waals surface area contributed by atoms with Crippen LogP contribution in [0.5, 0.6) is 5.75 Å². The molecule has 0 aromatic heterocycles. The summed E-state index contributed by atoms with van der Waals surface area (Å²) in [5.74, 6) is 1.71.